The monoisotopic (exact) mass is 343 g/mol. The Bertz CT molecular complexity index is 432. The molecule has 0 aliphatic heterocycles. The molecule has 0 bridgehead atoms. The van der Waals surface area contributed by atoms with Gasteiger partial charge in [0.1, 0.15) is 0 Å². The molecule has 1 heterocycles. The van der Waals surface area contributed by atoms with Crippen molar-refractivity contribution in [2.24, 2.45) is 17.1 Å². The molecule has 1 aromatic heterocycles. The summed E-state index contributed by atoms with van der Waals surface area (Å²) in [6.45, 7) is 14.3. The minimum atomic E-state index is 0.187. The Labute approximate surface area is 132 Å². The standard InChI is InChI=1S/C16H30BrN3/c1-7-13-15(17)14(20(8-2)19-13)10-12(18)9-11(3)16(4,5)6/h11-12H,7-10,18H2,1-6H3. The summed E-state index contributed by atoms with van der Waals surface area (Å²) >= 11 is 3.70. The Balaban J connectivity index is 2.80. The molecule has 0 aliphatic carbocycles. The zero-order chi connectivity index (χ0) is 15.5. The highest BCUT2D eigenvalue weighted by Gasteiger charge is 2.24. The zero-order valence-corrected chi connectivity index (χ0v) is 15.4. The van der Waals surface area contributed by atoms with Crippen molar-refractivity contribution in [3.05, 3.63) is 15.9 Å². The Kier molecular flexibility index (Phi) is 6.26. The minimum Gasteiger partial charge on any atom is -0.327 e. The van der Waals surface area contributed by atoms with E-state index in [1.807, 2.05) is 0 Å². The predicted molar refractivity (Wildman–Crippen MR) is 89.9 cm³/mol. The molecule has 0 aliphatic rings. The van der Waals surface area contributed by atoms with E-state index in [-0.39, 0.29) is 6.04 Å². The van der Waals surface area contributed by atoms with Crippen molar-refractivity contribution in [1.29, 1.82) is 0 Å². The quantitative estimate of drug-likeness (QED) is 0.842. The van der Waals surface area contributed by atoms with E-state index in [0.29, 0.717) is 11.3 Å². The SMILES string of the molecule is CCc1nn(CC)c(CC(N)CC(C)C(C)(C)C)c1Br. The van der Waals surface area contributed by atoms with Crippen molar-refractivity contribution < 1.29 is 0 Å². The van der Waals surface area contributed by atoms with Crippen LogP contribution in [0.1, 0.15) is 59.4 Å². The third kappa shape index (κ3) is 4.32. The molecule has 0 amide bonds. The van der Waals surface area contributed by atoms with Gasteiger partial charge < -0.3 is 5.73 Å². The van der Waals surface area contributed by atoms with Gasteiger partial charge in [-0.3, -0.25) is 4.68 Å². The molecule has 1 rings (SSSR count). The summed E-state index contributed by atoms with van der Waals surface area (Å²) in [4.78, 5) is 0. The van der Waals surface area contributed by atoms with Gasteiger partial charge in [-0.2, -0.15) is 5.10 Å². The first-order chi connectivity index (χ1) is 9.20. The summed E-state index contributed by atoms with van der Waals surface area (Å²) < 4.78 is 3.24. The number of hydrogen-bond donors (Lipinski definition) is 1. The third-order valence-corrected chi connectivity index (χ3v) is 5.20. The molecule has 0 fully saturated rings. The second-order valence-corrected chi connectivity index (χ2v) is 7.64. The van der Waals surface area contributed by atoms with Crippen molar-refractivity contribution in [3.63, 3.8) is 0 Å². The summed E-state index contributed by atoms with van der Waals surface area (Å²) in [5.41, 5.74) is 9.08. The van der Waals surface area contributed by atoms with Crippen LogP contribution in [0.2, 0.25) is 0 Å². The van der Waals surface area contributed by atoms with Crippen LogP contribution >= 0.6 is 15.9 Å². The van der Waals surface area contributed by atoms with Gasteiger partial charge in [-0.05, 0) is 47.0 Å². The van der Waals surface area contributed by atoms with Gasteiger partial charge >= 0.3 is 0 Å². The number of rotatable bonds is 6. The molecular formula is C16H30BrN3. The molecule has 0 saturated heterocycles. The minimum absolute atomic E-state index is 0.187. The summed E-state index contributed by atoms with van der Waals surface area (Å²) in [6.07, 6.45) is 2.89. The Morgan fingerprint density at radius 1 is 1.30 bits per heavy atom. The maximum atomic E-state index is 6.38. The molecule has 0 radical (unpaired) electrons. The molecule has 2 unspecified atom stereocenters. The summed E-state index contributed by atoms with van der Waals surface area (Å²) in [7, 11) is 0. The summed E-state index contributed by atoms with van der Waals surface area (Å²) in [6, 6.07) is 0.187. The highest BCUT2D eigenvalue weighted by atomic mass is 79.9. The van der Waals surface area contributed by atoms with Gasteiger partial charge in [0.15, 0.2) is 0 Å². The second-order valence-electron chi connectivity index (χ2n) is 6.84. The lowest BCUT2D eigenvalue weighted by molar-refractivity contribution is 0.232. The fourth-order valence-corrected chi connectivity index (χ4v) is 3.08. The molecule has 1 aromatic rings. The van der Waals surface area contributed by atoms with Crippen LogP contribution in [0.15, 0.2) is 4.47 Å². The molecule has 0 spiro atoms. The number of nitrogens with two attached hydrogens (primary N) is 1. The van der Waals surface area contributed by atoms with Crippen LogP contribution in [0.3, 0.4) is 0 Å². The molecule has 20 heavy (non-hydrogen) atoms. The molecule has 3 nitrogen and oxygen atoms in total. The Morgan fingerprint density at radius 2 is 1.90 bits per heavy atom. The van der Waals surface area contributed by atoms with Crippen LogP contribution in [0, 0.1) is 11.3 Å². The lowest BCUT2D eigenvalue weighted by Crippen LogP contribution is -2.31. The highest BCUT2D eigenvalue weighted by molar-refractivity contribution is 9.10. The topological polar surface area (TPSA) is 43.8 Å². The Morgan fingerprint density at radius 3 is 2.35 bits per heavy atom. The van der Waals surface area contributed by atoms with E-state index < -0.39 is 0 Å². The average molecular weight is 344 g/mol. The van der Waals surface area contributed by atoms with Crippen molar-refractivity contribution in [3.8, 4) is 0 Å². The van der Waals surface area contributed by atoms with Crippen molar-refractivity contribution >= 4 is 15.9 Å². The third-order valence-electron chi connectivity index (χ3n) is 4.28. The predicted octanol–water partition coefficient (Wildman–Crippen LogP) is 4.17. The van der Waals surface area contributed by atoms with E-state index in [4.69, 9.17) is 5.73 Å². The number of hydrogen-bond acceptors (Lipinski definition) is 2. The maximum Gasteiger partial charge on any atom is 0.0766 e. The first-order valence-electron chi connectivity index (χ1n) is 7.70. The van der Waals surface area contributed by atoms with Gasteiger partial charge in [0, 0.05) is 19.0 Å². The summed E-state index contributed by atoms with van der Waals surface area (Å²) in [5, 5.41) is 4.64. The fourth-order valence-electron chi connectivity index (χ4n) is 2.35. The first-order valence-corrected chi connectivity index (χ1v) is 8.49. The molecule has 0 saturated carbocycles. The van der Waals surface area contributed by atoms with E-state index in [1.54, 1.807) is 0 Å². The second kappa shape index (κ2) is 7.08. The normalized spacial score (nSPS) is 15.4. The van der Waals surface area contributed by atoms with Gasteiger partial charge in [-0.1, -0.05) is 34.6 Å². The molecule has 2 N–H and O–H groups in total. The van der Waals surface area contributed by atoms with Crippen molar-refractivity contribution in [1.82, 2.24) is 9.78 Å². The smallest absolute Gasteiger partial charge is 0.0766 e. The van der Waals surface area contributed by atoms with Crippen LogP contribution in [0.25, 0.3) is 0 Å². The lowest BCUT2D eigenvalue weighted by atomic mass is 9.78. The van der Waals surface area contributed by atoms with E-state index in [0.717, 1.165) is 36.0 Å². The van der Waals surface area contributed by atoms with E-state index >= 15 is 0 Å². The van der Waals surface area contributed by atoms with Gasteiger partial charge in [0.05, 0.1) is 15.9 Å². The molecule has 0 aromatic carbocycles. The van der Waals surface area contributed by atoms with Crippen LogP contribution in [0.5, 0.6) is 0 Å². The zero-order valence-electron chi connectivity index (χ0n) is 13.8. The van der Waals surface area contributed by atoms with E-state index in [1.165, 1.54) is 5.69 Å². The van der Waals surface area contributed by atoms with Crippen LogP contribution in [0.4, 0.5) is 0 Å². The molecular weight excluding hydrogens is 314 g/mol. The van der Waals surface area contributed by atoms with Gasteiger partial charge in [0.2, 0.25) is 0 Å². The largest absolute Gasteiger partial charge is 0.327 e. The lowest BCUT2D eigenvalue weighted by Gasteiger charge is -2.29. The Hall–Kier alpha value is -0.350. The number of nitrogens with zero attached hydrogens (tertiary/aromatic N) is 2. The number of aryl methyl sites for hydroxylation is 2. The first kappa shape index (κ1) is 17.7. The highest BCUT2D eigenvalue weighted by Crippen LogP contribution is 2.30. The molecule has 116 valence electrons. The van der Waals surface area contributed by atoms with Crippen molar-refractivity contribution in [2.45, 2.75) is 73.4 Å². The van der Waals surface area contributed by atoms with Gasteiger partial charge in [-0.25, -0.2) is 0 Å². The molecule has 2 atom stereocenters. The average Bonchev–Trinajstić information content (AvgIpc) is 2.65. The van der Waals surface area contributed by atoms with Crippen molar-refractivity contribution in [2.75, 3.05) is 0 Å². The van der Waals surface area contributed by atoms with Crippen LogP contribution in [-0.2, 0) is 19.4 Å². The maximum absolute atomic E-state index is 6.38. The van der Waals surface area contributed by atoms with Gasteiger partial charge in [0.25, 0.3) is 0 Å². The number of aromatic nitrogens is 2. The van der Waals surface area contributed by atoms with E-state index in [2.05, 4.69) is 67.3 Å². The van der Waals surface area contributed by atoms with Crippen LogP contribution < -0.4 is 5.73 Å². The van der Waals surface area contributed by atoms with Crippen LogP contribution in [-0.4, -0.2) is 15.8 Å². The fraction of sp³-hybridized carbons (Fsp3) is 0.812. The van der Waals surface area contributed by atoms with Gasteiger partial charge in [-0.15, -0.1) is 0 Å². The van der Waals surface area contributed by atoms with E-state index in [9.17, 15) is 0 Å². The summed E-state index contributed by atoms with van der Waals surface area (Å²) in [5.74, 6) is 0.611. The molecule has 4 heteroatoms. The number of halogens is 1.